The minimum Gasteiger partial charge on any atom is -0.496 e. The number of anilines is 1. The van der Waals surface area contributed by atoms with E-state index in [9.17, 15) is 21.6 Å². The van der Waals surface area contributed by atoms with Gasteiger partial charge in [-0.05, 0) is 18.2 Å². The number of sulfonamides is 1. The summed E-state index contributed by atoms with van der Waals surface area (Å²) < 4.78 is 72.4. The SMILES string of the molecule is COc1ccccc1Cc1csc(N2CCN(S(=O)(=O)c3ccccc3C(F)(F)F)CC2)n1. The van der Waals surface area contributed by atoms with Gasteiger partial charge < -0.3 is 9.64 Å². The lowest BCUT2D eigenvalue weighted by Crippen LogP contribution is -2.49. The van der Waals surface area contributed by atoms with Crippen molar-refractivity contribution in [3.8, 4) is 5.75 Å². The number of hydrogen-bond donors (Lipinski definition) is 0. The van der Waals surface area contributed by atoms with Crippen LogP contribution in [0.4, 0.5) is 18.3 Å². The van der Waals surface area contributed by atoms with E-state index in [1.165, 1.54) is 23.5 Å². The van der Waals surface area contributed by atoms with Gasteiger partial charge in [0.2, 0.25) is 10.0 Å². The van der Waals surface area contributed by atoms with Gasteiger partial charge in [0.1, 0.15) is 5.75 Å². The number of aromatic nitrogens is 1. The van der Waals surface area contributed by atoms with Gasteiger partial charge in [0.15, 0.2) is 5.13 Å². The standard InChI is InChI=1S/C22H22F3N3O3S2/c1-31-19-8-4-2-6-16(19)14-17-15-32-21(26-17)27-10-12-28(13-11-27)33(29,30)20-9-5-3-7-18(20)22(23,24)25/h2-9,15H,10-14H2,1H3. The molecule has 6 nitrogen and oxygen atoms in total. The van der Waals surface area contributed by atoms with Crippen molar-refractivity contribution in [1.29, 1.82) is 0 Å². The number of methoxy groups -OCH3 is 1. The van der Waals surface area contributed by atoms with Crippen molar-refractivity contribution in [3.05, 3.63) is 70.7 Å². The van der Waals surface area contributed by atoms with Crippen molar-refractivity contribution in [3.63, 3.8) is 0 Å². The first-order valence-electron chi connectivity index (χ1n) is 10.2. The number of halogens is 3. The Labute approximate surface area is 194 Å². The second-order valence-electron chi connectivity index (χ2n) is 7.50. The third kappa shape index (κ3) is 4.99. The highest BCUT2D eigenvalue weighted by Gasteiger charge is 2.39. The predicted octanol–water partition coefficient (Wildman–Crippen LogP) is 4.27. The van der Waals surface area contributed by atoms with E-state index in [1.54, 1.807) is 7.11 Å². The summed E-state index contributed by atoms with van der Waals surface area (Å²) in [4.78, 5) is 5.92. The molecule has 1 aromatic heterocycles. The molecule has 3 aromatic rings. The smallest absolute Gasteiger partial charge is 0.417 e. The Hall–Kier alpha value is -2.63. The average Bonchev–Trinajstić information content (AvgIpc) is 3.27. The van der Waals surface area contributed by atoms with Crippen molar-refractivity contribution in [1.82, 2.24) is 9.29 Å². The van der Waals surface area contributed by atoms with Crippen LogP contribution in [0.2, 0.25) is 0 Å². The van der Waals surface area contributed by atoms with E-state index < -0.39 is 26.7 Å². The van der Waals surface area contributed by atoms with E-state index in [0.29, 0.717) is 19.5 Å². The molecular weight excluding hydrogens is 475 g/mol. The maximum Gasteiger partial charge on any atom is 0.417 e. The van der Waals surface area contributed by atoms with E-state index in [1.807, 2.05) is 34.5 Å². The lowest BCUT2D eigenvalue weighted by atomic mass is 10.1. The molecule has 1 aliphatic heterocycles. The quantitative estimate of drug-likeness (QED) is 0.509. The lowest BCUT2D eigenvalue weighted by Gasteiger charge is -2.34. The molecule has 0 N–H and O–H groups in total. The van der Waals surface area contributed by atoms with Gasteiger partial charge in [-0.1, -0.05) is 30.3 Å². The van der Waals surface area contributed by atoms with Crippen LogP contribution in [0.25, 0.3) is 0 Å². The fraction of sp³-hybridized carbons (Fsp3) is 0.318. The monoisotopic (exact) mass is 497 g/mol. The van der Waals surface area contributed by atoms with Crippen molar-refractivity contribution in [2.75, 3.05) is 38.2 Å². The van der Waals surface area contributed by atoms with Gasteiger partial charge in [0.05, 0.1) is 23.3 Å². The summed E-state index contributed by atoms with van der Waals surface area (Å²) in [6.45, 7) is 0.843. The lowest BCUT2D eigenvalue weighted by molar-refractivity contribution is -0.139. The van der Waals surface area contributed by atoms with Crippen molar-refractivity contribution in [2.45, 2.75) is 17.5 Å². The first-order valence-corrected chi connectivity index (χ1v) is 12.5. The number of ether oxygens (including phenoxy) is 1. The zero-order chi connectivity index (χ0) is 23.6. The Balaban J connectivity index is 1.45. The first-order chi connectivity index (χ1) is 15.7. The summed E-state index contributed by atoms with van der Waals surface area (Å²) in [6.07, 6.45) is -4.15. The molecule has 2 aromatic carbocycles. The number of thiazole rings is 1. The second kappa shape index (κ2) is 9.32. The number of para-hydroxylation sites is 1. The van der Waals surface area contributed by atoms with Gasteiger partial charge in [-0.3, -0.25) is 0 Å². The minimum atomic E-state index is -4.75. The minimum absolute atomic E-state index is 0.0793. The molecule has 0 unspecified atom stereocenters. The second-order valence-corrected chi connectivity index (χ2v) is 10.2. The fourth-order valence-electron chi connectivity index (χ4n) is 3.75. The fourth-order valence-corrected chi connectivity index (χ4v) is 6.26. The molecule has 0 spiro atoms. The van der Waals surface area contributed by atoms with E-state index >= 15 is 0 Å². The summed E-state index contributed by atoms with van der Waals surface area (Å²) in [7, 11) is -2.65. The number of nitrogens with zero attached hydrogens (tertiary/aromatic N) is 3. The third-order valence-corrected chi connectivity index (χ3v) is 8.33. The molecule has 176 valence electrons. The van der Waals surface area contributed by atoms with Crippen molar-refractivity contribution >= 4 is 26.5 Å². The predicted molar refractivity (Wildman–Crippen MR) is 120 cm³/mol. The molecule has 33 heavy (non-hydrogen) atoms. The van der Waals surface area contributed by atoms with Gasteiger partial charge in [-0.15, -0.1) is 11.3 Å². The number of benzene rings is 2. The molecule has 1 aliphatic rings. The largest absolute Gasteiger partial charge is 0.496 e. The van der Waals surface area contributed by atoms with Gasteiger partial charge in [-0.2, -0.15) is 17.5 Å². The zero-order valence-electron chi connectivity index (χ0n) is 17.7. The molecule has 0 aliphatic carbocycles. The topological polar surface area (TPSA) is 62.7 Å². The van der Waals surface area contributed by atoms with Crippen molar-refractivity contribution in [2.24, 2.45) is 0 Å². The Morgan fingerprint density at radius 3 is 2.39 bits per heavy atom. The van der Waals surface area contributed by atoms with Crippen LogP contribution in [0, 0.1) is 0 Å². The van der Waals surface area contributed by atoms with Gasteiger partial charge in [0, 0.05) is 43.5 Å². The average molecular weight is 498 g/mol. The summed E-state index contributed by atoms with van der Waals surface area (Å²) >= 11 is 1.46. The molecule has 11 heteroatoms. The molecule has 0 radical (unpaired) electrons. The molecule has 2 heterocycles. The number of alkyl halides is 3. The molecule has 1 saturated heterocycles. The van der Waals surface area contributed by atoms with Crippen LogP contribution >= 0.6 is 11.3 Å². The van der Waals surface area contributed by atoms with E-state index in [-0.39, 0.29) is 13.1 Å². The third-order valence-electron chi connectivity index (χ3n) is 5.42. The maximum absolute atomic E-state index is 13.3. The van der Waals surface area contributed by atoms with Crippen LogP contribution in [0.15, 0.2) is 58.8 Å². The van der Waals surface area contributed by atoms with Gasteiger partial charge >= 0.3 is 6.18 Å². The Morgan fingerprint density at radius 1 is 1.03 bits per heavy atom. The molecule has 0 amide bonds. The molecular formula is C22H22F3N3O3S2. The molecule has 4 rings (SSSR count). The van der Waals surface area contributed by atoms with Crippen LogP contribution in [0.3, 0.4) is 0 Å². The highest BCUT2D eigenvalue weighted by atomic mass is 32.2. The Kier molecular flexibility index (Phi) is 6.64. The van der Waals surface area contributed by atoms with Crippen LogP contribution in [0.5, 0.6) is 5.75 Å². The molecule has 0 bridgehead atoms. The molecule has 1 fully saturated rings. The summed E-state index contributed by atoms with van der Waals surface area (Å²) in [6, 6.07) is 12.0. The Bertz CT molecular complexity index is 1220. The van der Waals surface area contributed by atoms with Crippen LogP contribution in [-0.4, -0.2) is 51.0 Å². The summed E-state index contributed by atoms with van der Waals surface area (Å²) in [5.41, 5.74) is 0.734. The van der Waals surface area contributed by atoms with Gasteiger partial charge in [0.25, 0.3) is 0 Å². The van der Waals surface area contributed by atoms with Crippen molar-refractivity contribution < 1.29 is 26.3 Å². The highest BCUT2D eigenvalue weighted by molar-refractivity contribution is 7.89. The first kappa shape index (κ1) is 23.5. The number of hydrogen-bond acceptors (Lipinski definition) is 6. The maximum atomic E-state index is 13.3. The molecule has 0 atom stereocenters. The summed E-state index contributed by atoms with van der Waals surface area (Å²) in [5.74, 6) is 0.782. The van der Waals surface area contributed by atoms with Gasteiger partial charge in [-0.25, -0.2) is 13.4 Å². The van der Waals surface area contributed by atoms with Crippen LogP contribution < -0.4 is 9.64 Å². The van der Waals surface area contributed by atoms with E-state index in [2.05, 4.69) is 4.98 Å². The number of piperazine rings is 1. The van der Waals surface area contributed by atoms with E-state index in [4.69, 9.17) is 4.74 Å². The molecule has 0 saturated carbocycles. The van der Waals surface area contributed by atoms with Crippen LogP contribution in [0.1, 0.15) is 16.8 Å². The summed E-state index contributed by atoms with van der Waals surface area (Å²) in [5, 5.41) is 2.71. The van der Waals surface area contributed by atoms with Crippen LogP contribution in [-0.2, 0) is 22.6 Å². The zero-order valence-corrected chi connectivity index (χ0v) is 19.4. The Morgan fingerprint density at radius 2 is 1.70 bits per heavy atom. The highest BCUT2D eigenvalue weighted by Crippen LogP contribution is 2.35. The normalized spacial score (nSPS) is 15.6. The number of rotatable bonds is 6. The van der Waals surface area contributed by atoms with E-state index in [0.717, 1.165) is 38.6 Å².